The molecule has 1 N–H and O–H groups in total. The molecule has 2 heterocycles. The second-order valence-corrected chi connectivity index (χ2v) is 9.36. The molecule has 34 heavy (non-hydrogen) atoms. The van der Waals surface area contributed by atoms with Gasteiger partial charge in [-0.2, -0.15) is 13.2 Å². The fourth-order valence-electron chi connectivity index (χ4n) is 5.06. The average Bonchev–Trinajstić information content (AvgIpc) is 3.03. The smallest absolute Gasteiger partial charge is 0.416 e. The average molecular weight is 484 g/mol. The summed E-state index contributed by atoms with van der Waals surface area (Å²) in [6, 6.07) is 4.19. The Bertz CT molecular complexity index is 875. The Labute approximate surface area is 197 Å². The quantitative estimate of drug-likeness (QED) is 0.637. The first kappa shape index (κ1) is 26.0. The van der Waals surface area contributed by atoms with E-state index >= 15 is 0 Å². The van der Waals surface area contributed by atoms with Crippen LogP contribution >= 0.6 is 0 Å². The van der Waals surface area contributed by atoms with Gasteiger partial charge in [-0.3, -0.25) is 9.59 Å². The van der Waals surface area contributed by atoms with E-state index in [0.717, 1.165) is 51.2 Å². The minimum atomic E-state index is -4.47. The van der Waals surface area contributed by atoms with Crippen molar-refractivity contribution in [2.75, 3.05) is 45.8 Å². The summed E-state index contributed by atoms with van der Waals surface area (Å²) >= 11 is 0. The largest absolute Gasteiger partial charge is 0.550 e. The molecule has 1 aromatic carbocycles. The van der Waals surface area contributed by atoms with Crippen LogP contribution in [0.4, 0.5) is 13.2 Å². The van der Waals surface area contributed by atoms with Crippen LogP contribution in [0.1, 0.15) is 48.5 Å². The zero-order valence-corrected chi connectivity index (χ0v) is 19.4. The Balaban J connectivity index is 1.63. The van der Waals surface area contributed by atoms with Crippen molar-refractivity contribution in [3.8, 4) is 0 Å². The Hall–Kier alpha value is -2.62. The van der Waals surface area contributed by atoms with E-state index in [9.17, 15) is 32.7 Å². The minimum absolute atomic E-state index is 0.0373. The van der Waals surface area contributed by atoms with Crippen LogP contribution in [0.5, 0.6) is 0 Å². The first-order valence-corrected chi connectivity index (χ1v) is 11.8. The molecule has 7 nitrogen and oxygen atoms in total. The molecule has 0 aliphatic carbocycles. The summed E-state index contributed by atoms with van der Waals surface area (Å²) in [5, 5.41) is 11.3. The normalized spacial score (nSPS) is 23.9. The third-order valence-electron chi connectivity index (χ3n) is 7.07. The summed E-state index contributed by atoms with van der Waals surface area (Å²) in [4.78, 5) is 40.7. The molecule has 0 radical (unpaired) electrons. The SMILES string of the molecule is CC(=O)N1CCC[NH+](CC[C@H]2CN(C(=O)c3ccc(C(F)(F)F)cc3)CC[C@H]2CC(=O)[O-])CC1. The Kier molecular flexibility index (Phi) is 8.57. The second-order valence-electron chi connectivity index (χ2n) is 9.36. The van der Waals surface area contributed by atoms with Gasteiger partial charge >= 0.3 is 6.18 Å². The number of carboxylic acids is 1. The number of hydrogen-bond donors (Lipinski definition) is 1. The molecule has 1 aromatic rings. The number of benzene rings is 1. The predicted octanol–water partition coefficient (Wildman–Crippen LogP) is 0.451. The number of piperidine rings is 1. The van der Waals surface area contributed by atoms with Crippen molar-refractivity contribution < 1.29 is 37.6 Å². The molecule has 0 aromatic heterocycles. The molecule has 2 saturated heterocycles. The van der Waals surface area contributed by atoms with Crippen LogP contribution in [-0.2, 0) is 15.8 Å². The lowest BCUT2D eigenvalue weighted by atomic mass is 9.81. The molecule has 1 unspecified atom stereocenters. The number of carboxylic acid groups (broad SMARTS) is 1. The number of likely N-dealkylation sites (tertiary alicyclic amines) is 1. The molecular weight excluding hydrogens is 451 g/mol. The summed E-state index contributed by atoms with van der Waals surface area (Å²) in [7, 11) is 0. The third-order valence-corrected chi connectivity index (χ3v) is 7.07. The van der Waals surface area contributed by atoms with Gasteiger partial charge < -0.3 is 24.6 Å². The van der Waals surface area contributed by atoms with Crippen LogP contribution in [0.2, 0.25) is 0 Å². The molecule has 0 saturated carbocycles. The van der Waals surface area contributed by atoms with E-state index in [-0.39, 0.29) is 35.6 Å². The second kappa shape index (κ2) is 11.2. The highest BCUT2D eigenvalue weighted by molar-refractivity contribution is 5.94. The molecule has 2 amide bonds. The van der Waals surface area contributed by atoms with Gasteiger partial charge in [0.05, 0.1) is 31.7 Å². The van der Waals surface area contributed by atoms with Crippen molar-refractivity contribution in [3.63, 3.8) is 0 Å². The molecule has 2 aliphatic rings. The number of halogens is 3. The van der Waals surface area contributed by atoms with Crippen LogP contribution in [0.3, 0.4) is 0 Å². The van der Waals surface area contributed by atoms with Gasteiger partial charge in [0.1, 0.15) is 0 Å². The van der Waals surface area contributed by atoms with Gasteiger partial charge in [-0.25, -0.2) is 0 Å². The number of amides is 2. The fraction of sp³-hybridized carbons (Fsp3) is 0.625. The zero-order valence-electron chi connectivity index (χ0n) is 19.4. The topological polar surface area (TPSA) is 85.2 Å². The highest BCUT2D eigenvalue weighted by Crippen LogP contribution is 2.31. The standard InChI is InChI=1S/C24H32F3N3O4/c1-17(31)29-10-2-9-28(13-14-29)11-7-20-16-30(12-8-19(20)15-22(32)33)23(34)18-3-5-21(6-4-18)24(25,26)27/h3-6,19-20H,2,7-16H2,1H3,(H,32,33)/t19-,20-/m0/s1. The molecular formula is C24H32F3N3O4. The maximum atomic E-state index is 13.0. The van der Waals surface area contributed by atoms with E-state index in [1.165, 1.54) is 17.0 Å². The number of alkyl halides is 3. The van der Waals surface area contributed by atoms with E-state index in [1.807, 2.05) is 4.90 Å². The Morgan fingerprint density at radius 2 is 1.74 bits per heavy atom. The van der Waals surface area contributed by atoms with E-state index in [0.29, 0.717) is 26.1 Å². The fourth-order valence-corrected chi connectivity index (χ4v) is 5.06. The number of carbonyl (C=O) groups excluding carboxylic acids is 3. The number of nitrogens with zero attached hydrogens (tertiary/aromatic N) is 2. The van der Waals surface area contributed by atoms with Crippen molar-refractivity contribution >= 4 is 17.8 Å². The predicted molar refractivity (Wildman–Crippen MR) is 116 cm³/mol. The van der Waals surface area contributed by atoms with Crippen LogP contribution in [-0.4, -0.2) is 73.4 Å². The molecule has 0 bridgehead atoms. The summed E-state index contributed by atoms with van der Waals surface area (Å²) in [6.45, 7) is 6.29. The number of carbonyl (C=O) groups is 3. The Morgan fingerprint density at radius 3 is 2.35 bits per heavy atom. The molecule has 3 atom stereocenters. The van der Waals surface area contributed by atoms with Gasteiger partial charge in [0.2, 0.25) is 5.91 Å². The number of aliphatic carboxylic acids is 1. The molecule has 2 fully saturated rings. The lowest BCUT2D eigenvalue weighted by Crippen LogP contribution is -3.12. The lowest BCUT2D eigenvalue weighted by Gasteiger charge is -2.39. The Morgan fingerprint density at radius 1 is 1.03 bits per heavy atom. The summed E-state index contributed by atoms with van der Waals surface area (Å²) in [5.41, 5.74) is -0.620. The number of rotatable bonds is 6. The maximum absolute atomic E-state index is 13.0. The molecule has 10 heteroatoms. The van der Waals surface area contributed by atoms with Gasteiger partial charge in [0.25, 0.3) is 5.91 Å². The third kappa shape index (κ3) is 6.94. The minimum Gasteiger partial charge on any atom is -0.550 e. The van der Waals surface area contributed by atoms with Gasteiger partial charge in [0, 0.05) is 50.9 Å². The zero-order chi connectivity index (χ0) is 24.9. The van der Waals surface area contributed by atoms with E-state index in [4.69, 9.17) is 0 Å². The van der Waals surface area contributed by atoms with Crippen molar-refractivity contribution in [2.24, 2.45) is 11.8 Å². The van der Waals surface area contributed by atoms with E-state index in [2.05, 4.69) is 0 Å². The maximum Gasteiger partial charge on any atom is 0.416 e. The van der Waals surface area contributed by atoms with Crippen LogP contribution in [0.15, 0.2) is 24.3 Å². The van der Waals surface area contributed by atoms with E-state index < -0.39 is 17.7 Å². The van der Waals surface area contributed by atoms with Crippen molar-refractivity contribution in [1.82, 2.24) is 9.80 Å². The van der Waals surface area contributed by atoms with Gasteiger partial charge in [-0.15, -0.1) is 0 Å². The van der Waals surface area contributed by atoms with Crippen LogP contribution in [0.25, 0.3) is 0 Å². The van der Waals surface area contributed by atoms with Gasteiger partial charge in [-0.05, 0) is 48.9 Å². The molecule has 3 rings (SSSR count). The van der Waals surface area contributed by atoms with Crippen molar-refractivity contribution in [2.45, 2.75) is 38.8 Å². The lowest BCUT2D eigenvalue weighted by molar-refractivity contribution is -0.898. The van der Waals surface area contributed by atoms with Gasteiger partial charge in [0.15, 0.2) is 0 Å². The van der Waals surface area contributed by atoms with Crippen LogP contribution < -0.4 is 10.0 Å². The summed E-state index contributed by atoms with van der Waals surface area (Å²) < 4.78 is 38.5. The first-order valence-electron chi connectivity index (χ1n) is 11.8. The number of hydrogen-bond acceptors (Lipinski definition) is 4. The van der Waals surface area contributed by atoms with Crippen LogP contribution in [0, 0.1) is 11.8 Å². The van der Waals surface area contributed by atoms with Crippen molar-refractivity contribution in [1.29, 1.82) is 0 Å². The van der Waals surface area contributed by atoms with Crippen molar-refractivity contribution in [3.05, 3.63) is 35.4 Å². The van der Waals surface area contributed by atoms with Gasteiger partial charge in [-0.1, -0.05) is 0 Å². The highest BCUT2D eigenvalue weighted by Gasteiger charge is 2.34. The molecule has 0 spiro atoms. The highest BCUT2D eigenvalue weighted by atomic mass is 19.4. The summed E-state index contributed by atoms with van der Waals surface area (Å²) in [5.74, 6) is -1.53. The first-order chi connectivity index (χ1) is 16.0. The number of nitrogens with one attached hydrogen (secondary N) is 1. The van der Waals surface area contributed by atoms with E-state index in [1.54, 1.807) is 11.8 Å². The monoisotopic (exact) mass is 483 g/mol. The number of quaternary nitrogens is 1. The molecule has 188 valence electrons. The summed E-state index contributed by atoms with van der Waals surface area (Å²) in [6.07, 6.45) is -2.39. The molecule has 2 aliphatic heterocycles.